The van der Waals surface area contributed by atoms with Gasteiger partial charge in [-0.25, -0.2) is 9.97 Å². The molecule has 0 unspecified atom stereocenters. The molecule has 0 saturated carbocycles. The van der Waals surface area contributed by atoms with Gasteiger partial charge in [0.2, 0.25) is 5.95 Å². The van der Waals surface area contributed by atoms with E-state index in [9.17, 15) is 0 Å². The molecule has 1 heterocycles. The van der Waals surface area contributed by atoms with Gasteiger partial charge in [0.05, 0.1) is 7.11 Å². The Hall–Kier alpha value is -2.10. The molecule has 21 heavy (non-hydrogen) atoms. The molecule has 0 aliphatic carbocycles. The van der Waals surface area contributed by atoms with Crippen LogP contribution in [0, 0.1) is 6.92 Å². The van der Waals surface area contributed by atoms with Gasteiger partial charge in [0.25, 0.3) is 0 Å². The average Bonchev–Trinajstić information content (AvgIpc) is 2.49. The standard InChI is InChI=1S/C17H23N3O/c1-4-5-15-11-19-17(20-12-15)18-9-8-14-6-7-16(21-3)13(2)10-14/h6-7,10-12H,4-5,8-9H2,1-3H3,(H,18,19,20). The smallest absolute Gasteiger partial charge is 0.222 e. The highest BCUT2D eigenvalue weighted by molar-refractivity contribution is 5.36. The number of benzene rings is 1. The molecule has 2 aromatic rings. The summed E-state index contributed by atoms with van der Waals surface area (Å²) in [7, 11) is 1.70. The Morgan fingerprint density at radius 3 is 2.48 bits per heavy atom. The number of ether oxygens (including phenoxy) is 1. The SMILES string of the molecule is CCCc1cnc(NCCc2ccc(OC)c(C)c2)nc1. The topological polar surface area (TPSA) is 47.0 Å². The summed E-state index contributed by atoms with van der Waals surface area (Å²) in [5.74, 6) is 1.63. The molecular formula is C17H23N3O. The third-order valence-electron chi connectivity index (χ3n) is 3.40. The summed E-state index contributed by atoms with van der Waals surface area (Å²) in [6.07, 6.45) is 6.88. The van der Waals surface area contributed by atoms with E-state index in [1.807, 2.05) is 18.5 Å². The first-order chi connectivity index (χ1) is 10.2. The molecule has 1 aromatic carbocycles. The number of methoxy groups -OCH3 is 1. The van der Waals surface area contributed by atoms with E-state index in [4.69, 9.17) is 4.74 Å². The minimum atomic E-state index is 0.695. The van der Waals surface area contributed by atoms with Crippen LogP contribution in [0.1, 0.15) is 30.0 Å². The highest BCUT2D eigenvalue weighted by atomic mass is 16.5. The lowest BCUT2D eigenvalue weighted by Crippen LogP contribution is -2.08. The van der Waals surface area contributed by atoms with Crippen LogP contribution in [-0.2, 0) is 12.8 Å². The highest BCUT2D eigenvalue weighted by Crippen LogP contribution is 2.18. The Balaban J connectivity index is 1.85. The maximum Gasteiger partial charge on any atom is 0.222 e. The van der Waals surface area contributed by atoms with Gasteiger partial charge < -0.3 is 10.1 Å². The van der Waals surface area contributed by atoms with Crippen LogP contribution >= 0.6 is 0 Å². The van der Waals surface area contributed by atoms with Crippen molar-refractivity contribution in [3.05, 3.63) is 47.3 Å². The summed E-state index contributed by atoms with van der Waals surface area (Å²) in [6, 6.07) is 6.27. The molecule has 0 aliphatic rings. The van der Waals surface area contributed by atoms with Crippen molar-refractivity contribution in [2.75, 3.05) is 19.0 Å². The number of aryl methyl sites for hydroxylation is 2. The lowest BCUT2D eigenvalue weighted by Gasteiger charge is -2.08. The van der Waals surface area contributed by atoms with Crippen LogP contribution in [-0.4, -0.2) is 23.6 Å². The zero-order valence-corrected chi connectivity index (χ0v) is 13.0. The second-order valence-corrected chi connectivity index (χ2v) is 5.15. The Bertz CT molecular complexity index is 567. The van der Waals surface area contributed by atoms with Crippen molar-refractivity contribution >= 4 is 5.95 Å². The third-order valence-corrected chi connectivity index (χ3v) is 3.40. The predicted molar refractivity (Wildman–Crippen MR) is 86.0 cm³/mol. The van der Waals surface area contributed by atoms with E-state index in [0.717, 1.165) is 37.1 Å². The lowest BCUT2D eigenvalue weighted by atomic mass is 10.1. The number of hydrogen-bond acceptors (Lipinski definition) is 4. The Morgan fingerprint density at radius 1 is 1.10 bits per heavy atom. The predicted octanol–water partition coefficient (Wildman–Crippen LogP) is 3.40. The van der Waals surface area contributed by atoms with Gasteiger partial charge in [0.15, 0.2) is 0 Å². The second-order valence-electron chi connectivity index (χ2n) is 5.15. The van der Waals surface area contributed by atoms with E-state index in [2.05, 4.69) is 41.3 Å². The average molecular weight is 285 g/mol. The van der Waals surface area contributed by atoms with E-state index >= 15 is 0 Å². The molecule has 1 aromatic heterocycles. The van der Waals surface area contributed by atoms with E-state index in [1.165, 1.54) is 11.1 Å². The lowest BCUT2D eigenvalue weighted by molar-refractivity contribution is 0.411. The van der Waals surface area contributed by atoms with Crippen LogP contribution in [0.15, 0.2) is 30.6 Å². The number of aromatic nitrogens is 2. The fourth-order valence-electron chi connectivity index (χ4n) is 2.28. The monoisotopic (exact) mass is 285 g/mol. The van der Waals surface area contributed by atoms with E-state index in [1.54, 1.807) is 7.11 Å². The third kappa shape index (κ3) is 4.45. The van der Waals surface area contributed by atoms with Gasteiger partial charge in [-0.2, -0.15) is 0 Å². The zero-order chi connectivity index (χ0) is 15.1. The van der Waals surface area contributed by atoms with Crippen LogP contribution in [0.25, 0.3) is 0 Å². The fraction of sp³-hybridized carbons (Fsp3) is 0.412. The molecule has 0 atom stereocenters. The zero-order valence-electron chi connectivity index (χ0n) is 13.0. The second kappa shape index (κ2) is 7.62. The maximum atomic E-state index is 5.27. The van der Waals surface area contributed by atoms with Crippen molar-refractivity contribution in [2.45, 2.75) is 33.1 Å². The minimum absolute atomic E-state index is 0.695. The summed E-state index contributed by atoms with van der Waals surface area (Å²) in [6.45, 7) is 5.03. The molecule has 4 nitrogen and oxygen atoms in total. The number of anilines is 1. The van der Waals surface area contributed by atoms with E-state index in [-0.39, 0.29) is 0 Å². The van der Waals surface area contributed by atoms with Crippen LogP contribution in [0.5, 0.6) is 5.75 Å². The van der Waals surface area contributed by atoms with Gasteiger partial charge >= 0.3 is 0 Å². The van der Waals surface area contributed by atoms with Crippen molar-refractivity contribution < 1.29 is 4.74 Å². The summed E-state index contributed by atoms with van der Waals surface area (Å²) >= 11 is 0. The van der Waals surface area contributed by atoms with Crippen molar-refractivity contribution in [3.8, 4) is 5.75 Å². The molecule has 0 fully saturated rings. The van der Waals surface area contributed by atoms with Crippen LogP contribution in [0.4, 0.5) is 5.95 Å². The van der Waals surface area contributed by atoms with Crippen LogP contribution in [0.2, 0.25) is 0 Å². The molecular weight excluding hydrogens is 262 g/mol. The molecule has 112 valence electrons. The number of nitrogens with one attached hydrogen (secondary N) is 1. The molecule has 0 spiro atoms. The molecule has 0 bridgehead atoms. The summed E-state index contributed by atoms with van der Waals surface area (Å²) in [5, 5.41) is 3.26. The maximum absolute atomic E-state index is 5.27. The van der Waals surface area contributed by atoms with Crippen LogP contribution < -0.4 is 10.1 Å². The summed E-state index contributed by atoms with van der Waals surface area (Å²) in [5.41, 5.74) is 3.63. The van der Waals surface area contributed by atoms with Crippen molar-refractivity contribution in [3.63, 3.8) is 0 Å². The number of nitrogens with zero attached hydrogens (tertiary/aromatic N) is 2. The molecule has 0 saturated heterocycles. The largest absolute Gasteiger partial charge is 0.496 e. The molecule has 2 rings (SSSR count). The van der Waals surface area contributed by atoms with Gasteiger partial charge in [-0.05, 0) is 42.5 Å². The van der Waals surface area contributed by atoms with Gasteiger partial charge in [0.1, 0.15) is 5.75 Å². The van der Waals surface area contributed by atoms with Crippen molar-refractivity contribution in [1.29, 1.82) is 0 Å². The quantitative estimate of drug-likeness (QED) is 0.847. The summed E-state index contributed by atoms with van der Waals surface area (Å²) < 4.78 is 5.27. The van der Waals surface area contributed by atoms with Gasteiger partial charge in [0, 0.05) is 18.9 Å². The Labute approximate surface area is 126 Å². The molecule has 0 amide bonds. The Morgan fingerprint density at radius 2 is 1.86 bits per heavy atom. The van der Waals surface area contributed by atoms with Gasteiger partial charge in [-0.3, -0.25) is 0 Å². The normalized spacial score (nSPS) is 10.4. The molecule has 0 aliphatic heterocycles. The first-order valence-corrected chi connectivity index (χ1v) is 7.41. The first-order valence-electron chi connectivity index (χ1n) is 7.41. The number of rotatable bonds is 7. The molecule has 4 heteroatoms. The van der Waals surface area contributed by atoms with E-state index in [0.29, 0.717) is 5.95 Å². The molecule has 1 N–H and O–H groups in total. The fourth-order valence-corrected chi connectivity index (χ4v) is 2.28. The number of hydrogen-bond donors (Lipinski definition) is 1. The summed E-state index contributed by atoms with van der Waals surface area (Å²) in [4.78, 5) is 8.66. The highest BCUT2D eigenvalue weighted by Gasteiger charge is 2.01. The van der Waals surface area contributed by atoms with Gasteiger partial charge in [-0.1, -0.05) is 25.5 Å². The van der Waals surface area contributed by atoms with E-state index < -0.39 is 0 Å². The Kier molecular flexibility index (Phi) is 5.55. The minimum Gasteiger partial charge on any atom is -0.496 e. The first kappa shape index (κ1) is 15.3. The molecule has 0 radical (unpaired) electrons. The van der Waals surface area contributed by atoms with Crippen molar-refractivity contribution in [2.24, 2.45) is 0 Å². The van der Waals surface area contributed by atoms with Gasteiger partial charge in [-0.15, -0.1) is 0 Å². The van der Waals surface area contributed by atoms with Crippen LogP contribution in [0.3, 0.4) is 0 Å². The van der Waals surface area contributed by atoms with Crippen molar-refractivity contribution in [1.82, 2.24) is 9.97 Å².